The van der Waals surface area contributed by atoms with E-state index in [-0.39, 0.29) is 24.2 Å². The number of aryl methyl sites for hydroxylation is 1. The molecule has 2 aromatic heterocycles. The van der Waals surface area contributed by atoms with Crippen molar-refractivity contribution in [2.45, 2.75) is 33.2 Å². The molecule has 0 saturated carbocycles. The lowest BCUT2D eigenvalue weighted by molar-refractivity contribution is 0.0945. The number of nitrogens with one attached hydrogen (secondary N) is 1. The van der Waals surface area contributed by atoms with Gasteiger partial charge in [-0.25, -0.2) is 4.39 Å². The number of carbonyl (C=O) groups is 1. The normalized spacial score (nSPS) is 11.1. The number of aromatic nitrogens is 1. The Labute approximate surface area is 144 Å². The topological polar surface area (TPSA) is 68.3 Å². The van der Waals surface area contributed by atoms with Gasteiger partial charge >= 0.3 is 0 Å². The van der Waals surface area contributed by atoms with Crippen LogP contribution in [0.1, 0.15) is 47.3 Å². The molecule has 0 fully saturated rings. The summed E-state index contributed by atoms with van der Waals surface area (Å²) in [5.74, 6) is 1.31. The zero-order chi connectivity index (χ0) is 18.0. The second kappa shape index (κ2) is 6.93. The SMILES string of the molecule is Cc1noc(C(C)C)c1C(=O)NCc1ccc(-c2ccc(F)cc2)o1. The van der Waals surface area contributed by atoms with Crippen molar-refractivity contribution in [3.05, 3.63) is 65.0 Å². The summed E-state index contributed by atoms with van der Waals surface area (Å²) in [5, 5.41) is 6.69. The number of halogens is 1. The van der Waals surface area contributed by atoms with Gasteiger partial charge in [0, 0.05) is 11.5 Å². The van der Waals surface area contributed by atoms with Crippen molar-refractivity contribution in [3.8, 4) is 11.3 Å². The van der Waals surface area contributed by atoms with Gasteiger partial charge in [0.05, 0.1) is 12.2 Å². The van der Waals surface area contributed by atoms with E-state index in [2.05, 4.69) is 10.5 Å². The van der Waals surface area contributed by atoms with Gasteiger partial charge in [-0.1, -0.05) is 19.0 Å². The van der Waals surface area contributed by atoms with E-state index in [0.717, 1.165) is 5.56 Å². The molecule has 0 unspecified atom stereocenters. The predicted octanol–water partition coefficient (Wildman–Crippen LogP) is 4.44. The number of rotatable bonds is 5. The van der Waals surface area contributed by atoms with Crippen LogP contribution in [-0.4, -0.2) is 11.1 Å². The quantitative estimate of drug-likeness (QED) is 0.744. The second-order valence-corrected chi connectivity index (χ2v) is 6.12. The number of carbonyl (C=O) groups excluding carboxylic acids is 1. The van der Waals surface area contributed by atoms with Crippen LogP contribution in [-0.2, 0) is 6.54 Å². The van der Waals surface area contributed by atoms with Crippen LogP contribution in [0.25, 0.3) is 11.3 Å². The summed E-state index contributed by atoms with van der Waals surface area (Å²) in [6.45, 7) is 5.86. The van der Waals surface area contributed by atoms with Crippen molar-refractivity contribution in [2.24, 2.45) is 0 Å². The highest BCUT2D eigenvalue weighted by atomic mass is 19.1. The lowest BCUT2D eigenvalue weighted by Crippen LogP contribution is -2.24. The van der Waals surface area contributed by atoms with Gasteiger partial charge in [0.1, 0.15) is 22.9 Å². The van der Waals surface area contributed by atoms with E-state index in [1.54, 1.807) is 31.2 Å². The number of benzene rings is 1. The monoisotopic (exact) mass is 342 g/mol. The highest BCUT2D eigenvalue weighted by Crippen LogP contribution is 2.24. The third-order valence-corrected chi connectivity index (χ3v) is 3.85. The Hall–Kier alpha value is -2.89. The fourth-order valence-corrected chi connectivity index (χ4v) is 2.56. The minimum atomic E-state index is -0.298. The van der Waals surface area contributed by atoms with Crippen LogP contribution in [0.4, 0.5) is 4.39 Å². The molecule has 1 amide bonds. The maximum Gasteiger partial charge on any atom is 0.257 e. The fraction of sp³-hybridized carbons (Fsp3) is 0.263. The molecule has 3 rings (SSSR count). The zero-order valence-corrected chi connectivity index (χ0v) is 14.3. The lowest BCUT2D eigenvalue weighted by atomic mass is 10.0. The Bertz CT molecular complexity index is 878. The minimum absolute atomic E-state index is 0.0654. The smallest absolute Gasteiger partial charge is 0.257 e. The van der Waals surface area contributed by atoms with Gasteiger partial charge in [0.15, 0.2) is 5.76 Å². The molecule has 0 spiro atoms. The minimum Gasteiger partial charge on any atom is -0.459 e. The molecule has 0 aliphatic rings. The van der Waals surface area contributed by atoms with Crippen LogP contribution in [0.15, 0.2) is 45.3 Å². The third kappa shape index (κ3) is 3.63. The van der Waals surface area contributed by atoms with E-state index >= 15 is 0 Å². The first kappa shape index (κ1) is 17.0. The second-order valence-electron chi connectivity index (χ2n) is 6.12. The van der Waals surface area contributed by atoms with Crippen LogP contribution in [0, 0.1) is 12.7 Å². The highest BCUT2D eigenvalue weighted by Gasteiger charge is 2.22. The molecular weight excluding hydrogens is 323 g/mol. The molecule has 0 bridgehead atoms. The summed E-state index contributed by atoms with van der Waals surface area (Å²) < 4.78 is 23.9. The Morgan fingerprint density at radius 2 is 1.92 bits per heavy atom. The third-order valence-electron chi connectivity index (χ3n) is 3.85. The summed E-state index contributed by atoms with van der Waals surface area (Å²) in [5.41, 5.74) is 1.81. The van der Waals surface area contributed by atoms with Gasteiger partial charge in [-0.05, 0) is 43.3 Å². The first-order valence-electron chi connectivity index (χ1n) is 8.04. The van der Waals surface area contributed by atoms with Gasteiger partial charge in [-0.2, -0.15) is 0 Å². The van der Waals surface area contributed by atoms with Crippen LogP contribution in [0.3, 0.4) is 0 Å². The van der Waals surface area contributed by atoms with Crippen LogP contribution in [0.2, 0.25) is 0 Å². The Morgan fingerprint density at radius 1 is 1.20 bits per heavy atom. The van der Waals surface area contributed by atoms with Crippen LogP contribution in [0.5, 0.6) is 0 Å². The molecule has 1 N–H and O–H groups in total. The van der Waals surface area contributed by atoms with Crippen LogP contribution >= 0.6 is 0 Å². The maximum atomic E-state index is 13.0. The first-order chi connectivity index (χ1) is 12.0. The highest BCUT2D eigenvalue weighted by molar-refractivity contribution is 5.96. The van der Waals surface area contributed by atoms with E-state index in [1.165, 1.54) is 12.1 Å². The van der Waals surface area contributed by atoms with E-state index in [1.807, 2.05) is 13.8 Å². The molecule has 0 atom stereocenters. The predicted molar refractivity (Wildman–Crippen MR) is 90.6 cm³/mol. The summed E-state index contributed by atoms with van der Waals surface area (Å²) in [6, 6.07) is 9.61. The summed E-state index contributed by atoms with van der Waals surface area (Å²) >= 11 is 0. The summed E-state index contributed by atoms with van der Waals surface area (Å²) in [4.78, 5) is 12.4. The molecule has 5 nitrogen and oxygen atoms in total. The Kier molecular flexibility index (Phi) is 4.70. The van der Waals surface area contributed by atoms with Gasteiger partial charge < -0.3 is 14.3 Å². The molecule has 0 saturated heterocycles. The number of nitrogens with zero attached hydrogens (tertiary/aromatic N) is 1. The van der Waals surface area contributed by atoms with Gasteiger partial charge in [-0.3, -0.25) is 4.79 Å². The standard InChI is InChI=1S/C19H19FN2O3/c1-11(2)18-17(12(3)22-25-18)19(23)21-10-15-8-9-16(24-15)13-4-6-14(20)7-5-13/h4-9,11H,10H2,1-3H3,(H,21,23). The molecule has 3 aromatic rings. The molecule has 1 aromatic carbocycles. The van der Waals surface area contributed by atoms with Crippen molar-refractivity contribution in [2.75, 3.05) is 0 Å². The molecule has 0 aliphatic carbocycles. The van der Waals surface area contributed by atoms with Crippen molar-refractivity contribution in [3.63, 3.8) is 0 Å². The molecule has 2 heterocycles. The van der Waals surface area contributed by atoms with E-state index in [0.29, 0.717) is 28.5 Å². The van der Waals surface area contributed by atoms with Crippen molar-refractivity contribution < 1.29 is 18.1 Å². The first-order valence-corrected chi connectivity index (χ1v) is 8.04. The molecule has 25 heavy (non-hydrogen) atoms. The zero-order valence-electron chi connectivity index (χ0n) is 14.3. The van der Waals surface area contributed by atoms with E-state index in [4.69, 9.17) is 8.94 Å². The lowest BCUT2D eigenvalue weighted by Gasteiger charge is -2.06. The average Bonchev–Trinajstić information content (AvgIpc) is 3.20. The fourth-order valence-electron chi connectivity index (χ4n) is 2.56. The maximum absolute atomic E-state index is 13.0. The number of hydrogen-bond donors (Lipinski definition) is 1. The van der Waals surface area contributed by atoms with Gasteiger partial charge in [0.25, 0.3) is 5.91 Å². The molecule has 0 aliphatic heterocycles. The molecule has 0 radical (unpaired) electrons. The van der Waals surface area contributed by atoms with Crippen LogP contribution < -0.4 is 5.32 Å². The Morgan fingerprint density at radius 3 is 2.60 bits per heavy atom. The summed E-state index contributed by atoms with van der Waals surface area (Å²) in [7, 11) is 0. The van der Waals surface area contributed by atoms with Gasteiger partial charge in [-0.15, -0.1) is 0 Å². The van der Waals surface area contributed by atoms with Gasteiger partial charge in [0.2, 0.25) is 0 Å². The number of amides is 1. The van der Waals surface area contributed by atoms with E-state index in [9.17, 15) is 9.18 Å². The summed E-state index contributed by atoms with van der Waals surface area (Å²) in [6.07, 6.45) is 0. The molecular formula is C19H19FN2O3. The van der Waals surface area contributed by atoms with Crippen molar-refractivity contribution in [1.29, 1.82) is 0 Å². The Balaban J connectivity index is 1.69. The van der Waals surface area contributed by atoms with Crippen molar-refractivity contribution in [1.82, 2.24) is 10.5 Å². The molecule has 6 heteroatoms. The molecule has 130 valence electrons. The number of hydrogen-bond acceptors (Lipinski definition) is 4. The number of furan rings is 1. The average molecular weight is 342 g/mol. The van der Waals surface area contributed by atoms with E-state index < -0.39 is 0 Å². The van der Waals surface area contributed by atoms with Crippen molar-refractivity contribution >= 4 is 5.91 Å². The largest absolute Gasteiger partial charge is 0.459 e.